The van der Waals surface area contributed by atoms with E-state index in [1.807, 2.05) is 18.2 Å². The van der Waals surface area contributed by atoms with Gasteiger partial charge in [0.05, 0.1) is 13.2 Å². The van der Waals surface area contributed by atoms with Crippen molar-refractivity contribution in [3.63, 3.8) is 0 Å². The molecule has 1 fully saturated rings. The molecule has 122 valence electrons. The molecular weight excluding hydrogens is 420 g/mol. The van der Waals surface area contributed by atoms with Crippen molar-refractivity contribution in [3.05, 3.63) is 63.0 Å². The van der Waals surface area contributed by atoms with Crippen LogP contribution in [0, 0.1) is 10.1 Å². The summed E-state index contributed by atoms with van der Waals surface area (Å²) in [7, 11) is -0.597. The van der Waals surface area contributed by atoms with E-state index < -0.39 is 7.32 Å². The van der Waals surface area contributed by atoms with Crippen molar-refractivity contribution in [3.8, 4) is 11.5 Å². The molecule has 0 bridgehead atoms. The summed E-state index contributed by atoms with van der Waals surface area (Å²) in [5.41, 5.74) is 1.59. The third-order valence-electron chi connectivity index (χ3n) is 3.39. The minimum atomic E-state index is -0.597. The average molecular weight is 435 g/mol. The second-order valence-corrected chi connectivity index (χ2v) is 6.32. The molecule has 0 aliphatic carbocycles. The molecule has 2 aromatic rings. The van der Waals surface area contributed by atoms with Crippen LogP contribution in [-0.4, -0.2) is 20.5 Å². The molecule has 0 N–H and O–H groups in total. The quantitative estimate of drug-likeness (QED) is 0.392. The molecule has 0 atom stereocenters. The molecule has 0 unspecified atom stereocenters. The van der Waals surface area contributed by atoms with Crippen molar-refractivity contribution in [1.29, 1.82) is 0 Å². The summed E-state index contributed by atoms with van der Waals surface area (Å²) in [5, 5.41) is 0. The second kappa shape index (κ2) is 8.49. The molecular formula is C17H15BINO4. The van der Waals surface area contributed by atoms with E-state index in [2.05, 4.69) is 27.4 Å². The van der Waals surface area contributed by atoms with E-state index in [9.17, 15) is 0 Å². The van der Waals surface area contributed by atoms with Gasteiger partial charge in [0, 0.05) is 16.8 Å². The zero-order valence-corrected chi connectivity index (χ0v) is 15.1. The molecule has 1 saturated heterocycles. The normalized spacial score (nSPS) is 14.2. The van der Waals surface area contributed by atoms with Gasteiger partial charge in [0.1, 0.15) is 11.5 Å². The number of rotatable bonds is 5. The third kappa shape index (κ3) is 4.71. The van der Waals surface area contributed by atoms with E-state index in [-0.39, 0.29) is 0 Å². The van der Waals surface area contributed by atoms with Gasteiger partial charge in [-0.3, -0.25) is 0 Å². The molecule has 0 radical (unpaired) electrons. The molecule has 1 aliphatic rings. The standard InChI is InChI=1S/C17H15BINO4/c1-20-14-3-5-15(6-4-14)24-16-7-8-17(19)13(11-16)12-23-18-21-9-2-10-22-18/h3-8,11H,2,9-10,12H2. The fraction of sp³-hybridized carbons (Fsp3) is 0.235. The largest absolute Gasteiger partial charge is 0.639 e. The minimum Gasteiger partial charge on any atom is -0.457 e. The van der Waals surface area contributed by atoms with Crippen LogP contribution in [0.15, 0.2) is 42.5 Å². The molecule has 7 heteroatoms. The van der Waals surface area contributed by atoms with Gasteiger partial charge < -0.3 is 18.7 Å². The highest BCUT2D eigenvalue weighted by Crippen LogP contribution is 2.27. The van der Waals surface area contributed by atoms with Crippen LogP contribution in [0.25, 0.3) is 4.85 Å². The van der Waals surface area contributed by atoms with Crippen LogP contribution in [0.5, 0.6) is 11.5 Å². The maximum atomic E-state index is 6.97. The van der Waals surface area contributed by atoms with Gasteiger partial charge in [0.2, 0.25) is 0 Å². The van der Waals surface area contributed by atoms with Gasteiger partial charge in [-0.05, 0) is 64.9 Å². The summed E-state index contributed by atoms with van der Waals surface area (Å²) in [4.78, 5) is 3.37. The first-order valence-electron chi connectivity index (χ1n) is 7.53. The van der Waals surface area contributed by atoms with Crippen molar-refractivity contribution in [2.75, 3.05) is 13.2 Å². The van der Waals surface area contributed by atoms with Crippen molar-refractivity contribution < 1.29 is 18.7 Å². The molecule has 0 spiro atoms. The van der Waals surface area contributed by atoms with E-state index in [1.54, 1.807) is 24.3 Å². The topological polar surface area (TPSA) is 41.3 Å². The van der Waals surface area contributed by atoms with Crippen LogP contribution in [0.4, 0.5) is 5.69 Å². The number of halogens is 1. The first-order valence-corrected chi connectivity index (χ1v) is 8.61. The molecule has 1 heterocycles. The predicted octanol–water partition coefficient (Wildman–Crippen LogP) is 4.57. The molecule has 3 rings (SSSR count). The van der Waals surface area contributed by atoms with Crippen molar-refractivity contribution in [2.45, 2.75) is 13.0 Å². The molecule has 1 aliphatic heterocycles. The number of hydrogen-bond acceptors (Lipinski definition) is 4. The number of hydrogen-bond donors (Lipinski definition) is 0. The number of benzene rings is 2. The van der Waals surface area contributed by atoms with Crippen molar-refractivity contribution in [1.82, 2.24) is 0 Å². The zero-order chi connectivity index (χ0) is 16.8. The average Bonchev–Trinajstić information content (AvgIpc) is 2.63. The summed E-state index contributed by atoms with van der Waals surface area (Å²) in [6.45, 7) is 8.67. The van der Waals surface area contributed by atoms with Crippen LogP contribution in [0.2, 0.25) is 0 Å². The summed E-state index contributed by atoms with van der Waals surface area (Å²) in [6, 6.07) is 12.9. The molecule has 2 aromatic carbocycles. The maximum absolute atomic E-state index is 6.97. The lowest BCUT2D eigenvalue weighted by molar-refractivity contribution is 0.0486. The second-order valence-electron chi connectivity index (χ2n) is 5.16. The lowest BCUT2D eigenvalue weighted by atomic mass is 10.1. The highest BCUT2D eigenvalue weighted by Gasteiger charge is 2.24. The summed E-state index contributed by atoms with van der Waals surface area (Å²) < 4.78 is 23.3. The van der Waals surface area contributed by atoms with E-state index >= 15 is 0 Å². The minimum absolute atomic E-state index is 0.386. The summed E-state index contributed by atoms with van der Waals surface area (Å²) >= 11 is 2.26. The van der Waals surface area contributed by atoms with Gasteiger partial charge in [0.15, 0.2) is 5.69 Å². The lowest BCUT2D eigenvalue weighted by Crippen LogP contribution is -2.32. The number of ether oxygens (including phenoxy) is 1. The molecule has 5 nitrogen and oxygen atoms in total. The Hall–Kier alpha value is -1.60. The van der Waals surface area contributed by atoms with E-state index in [4.69, 9.17) is 25.3 Å². The SMILES string of the molecule is [C-]#[N+]c1ccc(Oc2ccc(I)c(COB3OCCCO3)c2)cc1. The highest BCUT2D eigenvalue weighted by molar-refractivity contribution is 14.1. The van der Waals surface area contributed by atoms with Gasteiger partial charge in [-0.25, -0.2) is 4.85 Å². The third-order valence-corrected chi connectivity index (χ3v) is 4.44. The van der Waals surface area contributed by atoms with Crippen LogP contribution < -0.4 is 4.74 Å². The lowest BCUT2D eigenvalue weighted by Gasteiger charge is -2.19. The van der Waals surface area contributed by atoms with Crippen LogP contribution in [-0.2, 0) is 20.6 Å². The molecule has 0 amide bonds. The Kier molecular flexibility index (Phi) is 6.09. The Balaban J connectivity index is 1.65. The Labute approximate surface area is 155 Å². The van der Waals surface area contributed by atoms with E-state index in [0.717, 1.165) is 21.3 Å². The Bertz CT molecular complexity index is 726. The molecule has 0 saturated carbocycles. The first kappa shape index (κ1) is 17.2. The fourth-order valence-corrected chi connectivity index (χ4v) is 2.66. The number of nitrogens with zero attached hydrogens (tertiary/aromatic N) is 1. The van der Waals surface area contributed by atoms with Crippen LogP contribution in [0.1, 0.15) is 12.0 Å². The van der Waals surface area contributed by atoms with Crippen LogP contribution >= 0.6 is 22.6 Å². The Morgan fingerprint density at radius 1 is 1.08 bits per heavy atom. The fourth-order valence-electron chi connectivity index (χ4n) is 2.17. The first-order chi connectivity index (χ1) is 11.7. The van der Waals surface area contributed by atoms with Gasteiger partial charge >= 0.3 is 7.32 Å². The predicted molar refractivity (Wildman–Crippen MR) is 99.0 cm³/mol. The Morgan fingerprint density at radius 2 is 1.79 bits per heavy atom. The van der Waals surface area contributed by atoms with Crippen molar-refractivity contribution in [2.24, 2.45) is 0 Å². The summed E-state index contributed by atoms with van der Waals surface area (Å²) in [5.74, 6) is 1.41. The monoisotopic (exact) mass is 435 g/mol. The van der Waals surface area contributed by atoms with Crippen molar-refractivity contribution >= 4 is 35.6 Å². The zero-order valence-electron chi connectivity index (χ0n) is 12.9. The van der Waals surface area contributed by atoms with Gasteiger partial charge in [0.25, 0.3) is 0 Å². The van der Waals surface area contributed by atoms with Gasteiger partial charge in [-0.15, -0.1) is 0 Å². The van der Waals surface area contributed by atoms with Crippen LogP contribution in [0.3, 0.4) is 0 Å². The van der Waals surface area contributed by atoms with E-state index in [1.165, 1.54) is 0 Å². The highest BCUT2D eigenvalue weighted by atomic mass is 127. The Morgan fingerprint density at radius 3 is 2.50 bits per heavy atom. The smallest absolute Gasteiger partial charge is 0.457 e. The van der Waals surface area contributed by atoms with Gasteiger partial charge in [-0.1, -0.05) is 12.1 Å². The van der Waals surface area contributed by atoms with Gasteiger partial charge in [-0.2, -0.15) is 0 Å². The molecule has 0 aromatic heterocycles. The summed E-state index contributed by atoms with van der Waals surface area (Å²) in [6.07, 6.45) is 0.896. The molecule has 24 heavy (non-hydrogen) atoms. The van der Waals surface area contributed by atoms with E-state index in [0.29, 0.717) is 31.3 Å². The maximum Gasteiger partial charge on any atom is 0.639 e.